The molecule has 2 rings (SSSR count). The number of anilines is 1. The predicted molar refractivity (Wildman–Crippen MR) is 53.3 cm³/mol. The molecule has 5 nitrogen and oxygen atoms in total. The van der Waals surface area contributed by atoms with Crippen molar-refractivity contribution in [3.63, 3.8) is 0 Å². The lowest BCUT2D eigenvalue weighted by Crippen LogP contribution is -2.03. The monoisotopic (exact) mass is 209 g/mol. The predicted octanol–water partition coefficient (Wildman–Crippen LogP) is 1.21. The Bertz CT molecular complexity index is 465. The van der Waals surface area contributed by atoms with Crippen LogP contribution in [-0.4, -0.2) is 20.2 Å². The van der Waals surface area contributed by atoms with Gasteiger partial charge in [0.1, 0.15) is 0 Å². The molecule has 0 radical (unpaired) electrons. The average Bonchev–Trinajstić information content (AvgIpc) is 2.52. The summed E-state index contributed by atoms with van der Waals surface area (Å²) in [6, 6.07) is 5.19. The first-order chi connectivity index (χ1) is 6.68. The number of nitrogens with two attached hydrogens (primary N) is 1. The Morgan fingerprint density at radius 3 is 2.79 bits per heavy atom. The molecule has 72 valence electrons. The summed E-state index contributed by atoms with van der Waals surface area (Å²) in [5, 5.41) is 11.7. The van der Waals surface area contributed by atoms with E-state index in [-0.39, 0.29) is 0 Å². The molecule has 14 heavy (non-hydrogen) atoms. The summed E-state index contributed by atoms with van der Waals surface area (Å²) >= 11 is 5.78. The largest absolute Gasteiger partial charge is 0.397 e. The Morgan fingerprint density at radius 2 is 2.21 bits per heavy atom. The van der Waals surface area contributed by atoms with Crippen molar-refractivity contribution in [3.05, 3.63) is 29.0 Å². The molecule has 0 aliphatic carbocycles. The van der Waals surface area contributed by atoms with Gasteiger partial charge in [-0.1, -0.05) is 11.6 Å². The summed E-state index contributed by atoms with van der Waals surface area (Å²) in [6.45, 7) is 1.80. The molecule has 0 saturated heterocycles. The first-order valence-corrected chi connectivity index (χ1v) is 4.36. The molecule has 2 N–H and O–H groups in total. The smallest absolute Gasteiger partial charge is 0.153 e. The normalized spacial score (nSPS) is 10.4. The topological polar surface area (TPSA) is 69.6 Å². The third kappa shape index (κ3) is 1.42. The number of rotatable bonds is 1. The molecule has 2 aromatic rings. The average molecular weight is 210 g/mol. The van der Waals surface area contributed by atoms with Gasteiger partial charge >= 0.3 is 0 Å². The lowest BCUT2D eigenvalue weighted by atomic mass is 10.3. The van der Waals surface area contributed by atoms with E-state index >= 15 is 0 Å². The van der Waals surface area contributed by atoms with Crippen LogP contribution in [0.5, 0.6) is 0 Å². The highest BCUT2D eigenvalue weighted by atomic mass is 35.5. The van der Waals surface area contributed by atoms with Gasteiger partial charge in [0, 0.05) is 5.02 Å². The molecule has 6 heteroatoms. The van der Waals surface area contributed by atoms with Crippen LogP contribution in [0.3, 0.4) is 0 Å². The maximum Gasteiger partial charge on any atom is 0.153 e. The molecule has 0 aliphatic rings. The van der Waals surface area contributed by atoms with Gasteiger partial charge in [0.2, 0.25) is 0 Å². The van der Waals surface area contributed by atoms with E-state index < -0.39 is 0 Å². The van der Waals surface area contributed by atoms with Crippen molar-refractivity contribution in [2.75, 3.05) is 5.73 Å². The number of aryl methyl sites for hydroxylation is 1. The number of hydrogen-bond acceptors (Lipinski definition) is 4. The Kier molecular flexibility index (Phi) is 2.09. The molecule has 0 atom stereocenters. The highest BCUT2D eigenvalue weighted by Gasteiger charge is 2.06. The Balaban J connectivity index is 2.58. The minimum atomic E-state index is 0.549. The van der Waals surface area contributed by atoms with Crippen LogP contribution in [0.15, 0.2) is 18.2 Å². The Hall–Kier alpha value is -1.62. The zero-order chi connectivity index (χ0) is 10.1. The summed E-state index contributed by atoms with van der Waals surface area (Å²) in [6.07, 6.45) is 0. The van der Waals surface area contributed by atoms with Crippen LogP contribution in [0.4, 0.5) is 5.69 Å². The van der Waals surface area contributed by atoms with Gasteiger partial charge in [0.15, 0.2) is 5.82 Å². The number of halogens is 1. The molecule has 0 aliphatic heterocycles. The molecule has 0 spiro atoms. The van der Waals surface area contributed by atoms with E-state index in [0.29, 0.717) is 16.5 Å². The highest BCUT2D eigenvalue weighted by Crippen LogP contribution is 2.21. The van der Waals surface area contributed by atoms with E-state index in [0.717, 1.165) is 5.69 Å². The van der Waals surface area contributed by atoms with E-state index in [4.69, 9.17) is 17.3 Å². The first kappa shape index (κ1) is 8.96. The van der Waals surface area contributed by atoms with Crippen molar-refractivity contribution < 1.29 is 0 Å². The maximum atomic E-state index is 5.78. The second-order valence-electron chi connectivity index (χ2n) is 2.84. The van der Waals surface area contributed by atoms with E-state index in [9.17, 15) is 0 Å². The van der Waals surface area contributed by atoms with Gasteiger partial charge in [-0.05, 0) is 35.5 Å². The fourth-order valence-electron chi connectivity index (χ4n) is 1.17. The van der Waals surface area contributed by atoms with Crippen molar-refractivity contribution in [2.45, 2.75) is 6.92 Å². The molecular weight excluding hydrogens is 202 g/mol. The van der Waals surface area contributed by atoms with Crippen molar-refractivity contribution >= 4 is 17.3 Å². The number of benzene rings is 1. The third-order valence-corrected chi connectivity index (χ3v) is 2.08. The fourth-order valence-corrected chi connectivity index (χ4v) is 1.35. The molecular formula is C8H8ClN5. The minimum Gasteiger partial charge on any atom is -0.397 e. The summed E-state index contributed by atoms with van der Waals surface area (Å²) in [4.78, 5) is 0. The van der Waals surface area contributed by atoms with Gasteiger partial charge < -0.3 is 5.73 Å². The van der Waals surface area contributed by atoms with E-state index in [2.05, 4.69) is 15.5 Å². The van der Waals surface area contributed by atoms with E-state index in [1.165, 1.54) is 0 Å². The molecule has 1 aromatic heterocycles. The van der Waals surface area contributed by atoms with Crippen molar-refractivity contribution in [1.29, 1.82) is 0 Å². The third-order valence-electron chi connectivity index (χ3n) is 1.84. The van der Waals surface area contributed by atoms with Crippen molar-refractivity contribution in [3.8, 4) is 5.69 Å². The second-order valence-corrected chi connectivity index (χ2v) is 3.28. The Labute approximate surface area is 85.5 Å². The van der Waals surface area contributed by atoms with Crippen molar-refractivity contribution in [1.82, 2.24) is 20.2 Å². The standard InChI is InChI=1S/C8H8ClN5/c1-5-11-12-13-14(5)8-3-2-6(9)4-7(8)10/h2-4H,10H2,1H3. The molecule has 0 fully saturated rings. The van der Waals surface area contributed by atoms with Gasteiger partial charge in [-0.15, -0.1) is 5.10 Å². The molecule has 0 saturated carbocycles. The Morgan fingerprint density at radius 1 is 1.43 bits per heavy atom. The number of tetrazole rings is 1. The van der Waals surface area contributed by atoms with Gasteiger partial charge in [-0.3, -0.25) is 0 Å². The number of hydrogen-bond donors (Lipinski definition) is 1. The van der Waals surface area contributed by atoms with Crippen LogP contribution in [0, 0.1) is 6.92 Å². The van der Waals surface area contributed by atoms with Crippen LogP contribution in [-0.2, 0) is 0 Å². The maximum absolute atomic E-state index is 5.78. The quantitative estimate of drug-likeness (QED) is 0.717. The van der Waals surface area contributed by atoms with Gasteiger partial charge in [0.25, 0.3) is 0 Å². The molecule has 0 bridgehead atoms. The van der Waals surface area contributed by atoms with Gasteiger partial charge in [-0.2, -0.15) is 4.68 Å². The van der Waals surface area contributed by atoms with Gasteiger partial charge in [-0.25, -0.2) is 0 Å². The van der Waals surface area contributed by atoms with Crippen LogP contribution >= 0.6 is 11.6 Å². The van der Waals surface area contributed by atoms with Gasteiger partial charge in [0.05, 0.1) is 11.4 Å². The van der Waals surface area contributed by atoms with Crippen molar-refractivity contribution in [2.24, 2.45) is 0 Å². The van der Waals surface area contributed by atoms with E-state index in [1.54, 1.807) is 29.8 Å². The number of aromatic nitrogens is 4. The zero-order valence-electron chi connectivity index (χ0n) is 7.48. The molecule has 0 amide bonds. The summed E-state index contributed by atoms with van der Waals surface area (Å²) in [5.41, 5.74) is 7.06. The summed E-state index contributed by atoms with van der Waals surface area (Å²) in [7, 11) is 0. The summed E-state index contributed by atoms with van der Waals surface area (Å²) in [5.74, 6) is 0.680. The molecule has 1 heterocycles. The van der Waals surface area contributed by atoms with Crippen LogP contribution in [0.25, 0.3) is 5.69 Å². The first-order valence-electron chi connectivity index (χ1n) is 3.99. The van der Waals surface area contributed by atoms with E-state index in [1.807, 2.05) is 0 Å². The molecule has 1 aromatic carbocycles. The molecule has 0 unspecified atom stereocenters. The minimum absolute atomic E-state index is 0.549. The lowest BCUT2D eigenvalue weighted by molar-refractivity contribution is 0.781. The zero-order valence-corrected chi connectivity index (χ0v) is 8.23. The fraction of sp³-hybridized carbons (Fsp3) is 0.125. The number of nitrogen functional groups attached to an aromatic ring is 1. The van der Waals surface area contributed by atoms with Crippen LogP contribution in [0.1, 0.15) is 5.82 Å². The lowest BCUT2D eigenvalue weighted by Gasteiger charge is -2.05. The van der Waals surface area contributed by atoms with Crippen LogP contribution < -0.4 is 5.73 Å². The second kappa shape index (κ2) is 3.26. The summed E-state index contributed by atoms with van der Waals surface area (Å²) < 4.78 is 1.56. The number of nitrogens with zero attached hydrogens (tertiary/aromatic N) is 4. The van der Waals surface area contributed by atoms with Crippen LogP contribution in [0.2, 0.25) is 5.02 Å². The SMILES string of the molecule is Cc1nnnn1-c1ccc(Cl)cc1N. The highest BCUT2D eigenvalue weighted by molar-refractivity contribution is 6.30.